The highest BCUT2D eigenvalue weighted by atomic mass is 32.2. The van der Waals surface area contributed by atoms with Crippen LogP contribution < -0.4 is 0 Å². The zero-order chi connectivity index (χ0) is 12.8. The Labute approximate surface area is 110 Å². The van der Waals surface area contributed by atoms with E-state index in [1.807, 2.05) is 31.2 Å². The standard InChI is InChI=1S/C13H16N2O2S/c1-2-13-14-12(15-17-13)9-18-8-11-5-3-10(7-16)4-6-11/h3-6,16H,2,7-9H2,1H3. The Bertz CT molecular complexity index is 482. The quantitative estimate of drug-likeness (QED) is 0.869. The molecule has 0 aliphatic heterocycles. The first-order valence-corrected chi connectivity index (χ1v) is 7.05. The third-order valence-electron chi connectivity index (χ3n) is 2.52. The van der Waals surface area contributed by atoms with E-state index in [1.54, 1.807) is 11.8 Å². The third-order valence-corrected chi connectivity index (χ3v) is 3.52. The lowest BCUT2D eigenvalue weighted by molar-refractivity contribution is 0.282. The highest BCUT2D eigenvalue weighted by Gasteiger charge is 2.04. The molecule has 2 aromatic rings. The number of aromatic nitrogens is 2. The number of hydrogen-bond acceptors (Lipinski definition) is 5. The first-order valence-electron chi connectivity index (χ1n) is 5.89. The number of rotatable bonds is 6. The molecule has 2 rings (SSSR count). The molecule has 4 nitrogen and oxygen atoms in total. The van der Waals surface area contributed by atoms with Gasteiger partial charge in [-0.3, -0.25) is 0 Å². The Balaban J connectivity index is 1.80. The molecule has 1 heterocycles. The molecule has 0 saturated carbocycles. The average Bonchev–Trinajstić information content (AvgIpc) is 2.87. The summed E-state index contributed by atoms with van der Waals surface area (Å²) in [6.45, 7) is 2.09. The molecule has 0 aliphatic carbocycles. The Kier molecular flexibility index (Phi) is 4.78. The topological polar surface area (TPSA) is 59.2 Å². The van der Waals surface area contributed by atoms with Crippen LogP contribution in [0.5, 0.6) is 0 Å². The van der Waals surface area contributed by atoms with Crippen molar-refractivity contribution in [3.63, 3.8) is 0 Å². The van der Waals surface area contributed by atoms with Crippen molar-refractivity contribution in [1.82, 2.24) is 10.1 Å². The van der Waals surface area contributed by atoms with Crippen molar-refractivity contribution in [2.24, 2.45) is 0 Å². The lowest BCUT2D eigenvalue weighted by Crippen LogP contribution is -1.88. The van der Waals surface area contributed by atoms with Crippen molar-refractivity contribution < 1.29 is 9.63 Å². The molecule has 96 valence electrons. The maximum absolute atomic E-state index is 8.95. The molecule has 0 unspecified atom stereocenters. The summed E-state index contributed by atoms with van der Waals surface area (Å²) in [6, 6.07) is 7.96. The molecule has 1 aromatic heterocycles. The van der Waals surface area contributed by atoms with E-state index in [-0.39, 0.29) is 6.61 Å². The molecule has 0 saturated heterocycles. The normalized spacial score (nSPS) is 10.8. The van der Waals surface area contributed by atoms with E-state index in [2.05, 4.69) is 10.1 Å². The van der Waals surface area contributed by atoms with Crippen molar-refractivity contribution >= 4 is 11.8 Å². The molecule has 1 N–H and O–H groups in total. The SMILES string of the molecule is CCc1nc(CSCc2ccc(CO)cc2)no1. The number of nitrogens with zero attached hydrogens (tertiary/aromatic N) is 2. The number of aryl methyl sites for hydroxylation is 1. The van der Waals surface area contributed by atoms with Crippen molar-refractivity contribution in [2.75, 3.05) is 0 Å². The van der Waals surface area contributed by atoms with Crippen molar-refractivity contribution in [3.05, 3.63) is 47.1 Å². The van der Waals surface area contributed by atoms with E-state index in [4.69, 9.17) is 9.63 Å². The van der Waals surface area contributed by atoms with Crippen molar-refractivity contribution in [3.8, 4) is 0 Å². The summed E-state index contributed by atoms with van der Waals surface area (Å²) in [5.74, 6) is 3.11. The zero-order valence-electron chi connectivity index (χ0n) is 10.3. The van der Waals surface area contributed by atoms with Gasteiger partial charge in [0, 0.05) is 12.2 Å². The Hall–Kier alpha value is -1.33. The van der Waals surface area contributed by atoms with Gasteiger partial charge in [-0.05, 0) is 11.1 Å². The van der Waals surface area contributed by atoms with E-state index in [9.17, 15) is 0 Å². The second kappa shape index (κ2) is 6.56. The van der Waals surface area contributed by atoms with Gasteiger partial charge in [0.05, 0.1) is 12.4 Å². The van der Waals surface area contributed by atoms with Crippen LogP contribution in [-0.4, -0.2) is 15.2 Å². The molecule has 5 heteroatoms. The Morgan fingerprint density at radius 3 is 2.50 bits per heavy atom. The van der Waals surface area contributed by atoms with Crippen LogP contribution in [0.2, 0.25) is 0 Å². The monoisotopic (exact) mass is 264 g/mol. The molecule has 0 atom stereocenters. The van der Waals surface area contributed by atoms with E-state index in [0.717, 1.165) is 29.3 Å². The summed E-state index contributed by atoms with van der Waals surface area (Å²) < 4.78 is 5.04. The fourth-order valence-corrected chi connectivity index (χ4v) is 2.32. The van der Waals surface area contributed by atoms with Crippen LogP contribution >= 0.6 is 11.8 Å². The minimum absolute atomic E-state index is 0.0933. The second-order valence-corrected chi connectivity index (χ2v) is 4.91. The van der Waals surface area contributed by atoms with Crippen LogP contribution in [0.25, 0.3) is 0 Å². The largest absolute Gasteiger partial charge is 0.392 e. The molecule has 0 radical (unpaired) electrons. The lowest BCUT2D eigenvalue weighted by atomic mass is 10.2. The van der Waals surface area contributed by atoms with Crippen LogP contribution in [0.15, 0.2) is 28.8 Å². The van der Waals surface area contributed by atoms with Gasteiger partial charge in [0.15, 0.2) is 5.82 Å². The van der Waals surface area contributed by atoms with E-state index in [0.29, 0.717) is 5.89 Å². The molecule has 0 bridgehead atoms. The number of aliphatic hydroxyl groups is 1. The zero-order valence-corrected chi connectivity index (χ0v) is 11.1. The molecule has 0 aliphatic rings. The Morgan fingerprint density at radius 2 is 1.89 bits per heavy atom. The summed E-state index contributed by atoms with van der Waals surface area (Å²) in [5, 5.41) is 12.9. The molecular formula is C13H16N2O2S. The van der Waals surface area contributed by atoms with Gasteiger partial charge in [0.2, 0.25) is 5.89 Å². The van der Waals surface area contributed by atoms with Crippen LogP contribution in [0.1, 0.15) is 29.8 Å². The van der Waals surface area contributed by atoms with Gasteiger partial charge in [-0.2, -0.15) is 4.98 Å². The summed E-state index contributed by atoms with van der Waals surface area (Å²) in [5.41, 5.74) is 2.17. The summed E-state index contributed by atoms with van der Waals surface area (Å²) in [6.07, 6.45) is 0.778. The molecule has 0 amide bonds. The smallest absolute Gasteiger partial charge is 0.226 e. The highest BCUT2D eigenvalue weighted by Crippen LogP contribution is 2.17. The second-order valence-electron chi connectivity index (χ2n) is 3.93. The highest BCUT2D eigenvalue weighted by molar-refractivity contribution is 7.97. The van der Waals surface area contributed by atoms with Crippen molar-refractivity contribution in [2.45, 2.75) is 31.5 Å². The summed E-state index contributed by atoms with van der Waals surface area (Å²) in [7, 11) is 0. The fraction of sp³-hybridized carbons (Fsp3) is 0.385. The maximum atomic E-state index is 8.95. The van der Waals surface area contributed by atoms with Gasteiger partial charge in [-0.1, -0.05) is 36.3 Å². The van der Waals surface area contributed by atoms with Gasteiger partial charge in [-0.15, -0.1) is 11.8 Å². The predicted octanol–water partition coefficient (Wildman–Crippen LogP) is 2.56. The van der Waals surface area contributed by atoms with Crippen LogP contribution in [0, 0.1) is 0 Å². The molecule has 0 fully saturated rings. The first-order chi connectivity index (χ1) is 8.81. The number of benzene rings is 1. The lowest BCUT2D eigenvalue weighted by Gasteiger charge is -2.01. The van der Waals surface area contributed by atoms with E-state index in [1.165, 1.54) is 5.56 Å². The molecule has 0 spiro atoms. The number of thioether (sulfide) groups is 1. The van der Waals surface area contributed by atoms with Gasteiger partial charge in [-0.25, -0.2) is 0 Å². The van der Waals surface area contributed by atoms with Crippen LogP contribution in [-0.2, 0) is 24.5 Å². The third kappa shape index (κ3) is 3.58. The van der Waals surface area contributed by atoms with E-state index < -0.39 is 0 Å². The molecule has 18 heavy (non-hydrogen) atoms. The van der Waals surface area contributed by atoms with Gasteiger partial charge in [0.25, 0.3) is 0 Å². The minimum Gasteiger partial charge on any atom is -0.392 e. The van der Waals surface area contributed by atoms with Crippen LogP contribution in [0.3, 0.4) is 0 Å². The molecular weight excluding hydrogens is 248 g/mol. The average molecular weight is 264 g/mol. The fourth-order valence-electron chi connectivity index (χ4n) is 1.49. The Morgan fingerprint density at radius 1 is 1.17 bits per heavy atom. The van der Waals surface area contributed by atoms with Gasteiger partial charge in [0.1, 0.15) is 0 Å². The minimum atomic E-state index is 0.0933. The number of hydrogen-bond donors (Lipinski definition) is 1. The summed E-state index contributed by atoms with van der Waals surface area (Å²) in [4.78, 5) is 4.26. The van der Waals surface area contributed by atoms with Gasteiger partial charge >= 0.3 is 0 Å². The van der Waals surface area contributed by atoms with Crippen LogP contribution in [0.4, 0.5) is 0 Å². The number of aliphatic hydroxyl groups excluding tert-OH is 1. The first kappa shape index (κ1) is 13.1. The van der Waals surface area contributed by atoms with Gasteiger partial charge < -0.3 is 9.63 Å². The molecule has 1 aromatic carbocycles. The predicted molar refractivity (Wildman–Crippen MR) is 71.0 cm³/mol. The van der Waals surface area contributed by atoms with Crippen molar-refractivity contribution in [1.29, 1.82) is 0 Å². The van der Waals surface area contributed by atoms with E-state index >= 15 is 0 Å². The maximum Gasteiger partial charge on any atom is 0.226 e. The summed E-state index contributed by atoms with van der Waals surface area (Å²) >= 11 is 1.75.